The number of hydrogen-bond donors (Lipinski definition) is 0. The Morgan fingerprint density at radius 3 is 2.69 bits per heavy atom. The maximum absolute atomic E-state index is 15.2. The number of carbonyl (C=O) groups excluding carboxylic acids is 1. The van der Waals surface area contributed by atoms with Gasteiger partial charge in [-0.05, 0) is 69.3 Å². The van der Waals surface area contributed by atoms with Crippen LogP contribution < -0.4 is 10.6 Å². The summed E-state index contributed by atoms with van der Waals surface area (Å²) < 4.78 is 30.9. The van der Waals surface area contributed by atoms with Crippen molar-refractivity contribution in [3.05, 3.63) is 64.1 Å². The summed E-state index contributed by atoms with van der Waals surface area (Å²) in [5.41, 5.74) is 0.990. The van der Waals surface area contributed by atoms with Gasteiger partial charge in [0, 0.05) is 77.5 Å². The molecule has 0 saturated carbocycles. The minimum atomic E-state index is -0.708. The van der Waals surface area contributed by atoms with Gasteiger partial charge in [-0.1, -0.05) is 32.0 Å². The summed E-state index contributed by atoms with van der Waals surface area (Å²) in [6, 6.07) is 5.66. The largest absolute Gasteiger partial charge is 0.350 e. The van der Waals surface area contributed by atoms with Gasteiger partial charge in [0.2, 0.25) is 5.91 Å². The van der Waals surface area contributed by atoms with Crippen molar-refractivity contribution >= 4 is 46.0 Å². The Bertz CT molecular complexity index is 1700. The Kier molecular flexibility index (Phi) is 9.28. The summed E-state index contributed by atoms with van der Waals surface area (Å²) in [4.78, 5) is 38.1. The van der Waals surface area contributed by atoms with Crippen molar-refractivity contribution < 1.29 is 13.6 Å². The number of amides is 1. The van der Waals surface area contributed by atoms with Crippen LogP contribution in [-0.2, 0) is 4.79 Å². The number of thioether (sulfide) groups is 1. The highest BCUT2D eigenvalue weighted by Gasteiger charge is 2.34. The van der Waals surface area contributed by atoms with Crippen LogP contribution in [-0.4, -0.2) is 75.8 Å². The van der Waals surface area contributed by atoms with Crippen molar-refractivity contribution in [3.63, 3.8) is 0 Å². The SMILES string of the molecule is C=CC(=O)N1CCN(c2nc(=O)n3c4c(c(-c5ccc(F)cc5F)c(Cl)cc24)SC[C@H]3CCCN2CC(C)C[C@H]2CC)[C@@H](C)C1. The Morgan fingerprint density at radius 2 is 1.98 bits per heavy atom. The number of carbonyl (C=O) groups is 1. The summed E-state index contributed by atoms with van der Waals surface area (Å²) in [7, 11) is 0. The van der Waals surface area contributed by atoms with Gasteiger partial charge >= 0.3 is 5.69 Å². The zero-order chi connectivity index (χ0) is 32.0. The standard InChI is InChI=1S/C34H40ClF2N5O2S/c1-5-23-14-20(3)17-39(23)11-7-8-24-19-45-32-30(25-10-9-22(36)15-28(25)37)27(35)16-26-31(32)42(24)34(44)38-33(26)41-13-12-40(18-21(41)4)29(43)6-2/h6,9-10,15-16,20-21,23-24H,2,5,7-8,11-14,17-19H2,1,3-4H3/t20?,21-,23+,24+/m0/s1. The lowest BCUT2D eigenvalue weighted by atomic mass is 10.0. The maximum atomic E-state index is 15.2. The van der Waals surface area contributed by atoms with Crippen LogP contribution in [0.4, 0.5) is 14.6 Å². The van der Waals surface area contributed by atoms with Crippen LogP contribution in [0.15, 0.2) is 46.6 Å². The second kappa shape index (κ2) is 13.0. The van der Waals surface area contributed by atoms with Gasteiger partial charge in [-0.3, -0.25) is 9.36 Å². The molecule has 1 aromatic heterocycles. The molecule has 0 aliphatic carbocycles. The fourth-order valence-corrected chi connectivity index (χ4v) is 9.25. The summed E-state index contributed by atoms with van der Waals surface area (Å²) in [6.07, 6.45) is 5.44. The van der Waals surface area contributed by atoms with Crippen molar-refractivity contribution in [1.29, 1.82) is 0 Å². The van der Waals surface area contributed by atoms with Crippen LogP contribution in [0.1, 0.15) is 52.5 Å². The van der Waals surface area contributed by atoms with Crippen molar-refractivity contribution in [2.45, 2.75) is 69.5 Å². The summed E-state index contributed by atoms with van der Waals surface area (Å²) in [5.74, 6) is 0.315. The normalized spacial score (nSPS) is 23.6. The van der Waals surface area contributed by atoms with E-state index in [-0.39, 0.29) is 29.2 Å². The smallest absolute Gasteiger partial charge is 0.350 e. The van der Waals surface area contributed by atoms with Crippen LogP contribution in [0.25, 0.3) is 22.0 Å². The highest BCUT2D eigenvalue weighted by atomic mass is 35.5. The molecule has 3 aliphatic heterocycles. The van der Waals surface area contributed by atoms with E-state index in [4.69, 9.17) is 11.6 Å². The van der Waals surface area contributed by atoms with Crippen LogP contribution >= 0.6 is 23.4 Å². The predicted octanol–water partition coefficient (Wildman–Crippen LogP) is 6.77. The molecule has 240 valence electrons. The van der Waals surface area contributed by atoms with Crippen LogP contribution in [0.2, 0.25) is 5.02 Å². The molecule has 0 bridgehead atoms. The molecule has 3 aromatic rings. The van der Waals surface area contributed by atoms with Crippen molar-refractivity contribution in [2.75, 3.05) is 43.4 Å². The Labute approximate surface area is 272 Å². The van der Waals surface area contributed by atoms with Gasteiger partial charge in [0.15, 0.2) is 0 Å². The van der Waals surface area contributed by atoms with Crippen LogP contribution in [0, 0.1) is 17.6 Å². The molecule has 0 radical (unpaired) electrons. The van der Waals surface area contributed by atoms with Gasteiger partial charge in [-0.15, -0.1) is 11.8 Å². The van der Waals surface area contributed by atoms with E-state index in [1.165, 1.54) is 24.6 Å². The molecule has 3 aliphatic rings. The molecule has 2 fully saturated rings. The van der Waals surface area contributed by atoms with E-state index in [1.807, 2.05) is 6.92 Å². The Hall–Kier alpha value is -2.95. The number of nitrogens with zero attached hydrogens (tertiary/aromatic N) is 5. The van der Waals surface area contributed by atoms with E-state index in [1.54, 1.807) is 27.3 Å². The number of likely N-dealkylation sites (tertiary alicyclic amines) is 1. The molecule has 45 heavy (non-hydrogen) atoms. The topological polar surface area (TPSA) is 61.7 Å². The summed E-state index contributed by atoms with van der Waals surface area (Å²) in [5, 5.41) is 1.02. The lowest BCUT2D eigenvalue weighted by Crippen LogP contribution is -2.54. The number of benzene rings is 2. The number of aromatic nitrogens is 2. The lowest BCUT2D eigenvalue weighted by Gasteiger charge is -2.41. The zero-order valence-electron chi connectivity index (χ0n) is 26.1. The molecule has 2 aromatic carbocycles. The molecule has 7 nitrogen and oxygen atoms in total. The Morgan fingerprint density at radius 1 is 1.18 bits per heavy atom. The molecule has 11 heteroatoms. The van der Waals surface area contributed by atoms with Gasteiger partial charge < -0.3 is 14.7 Å². The van der Waals surface area contributed by atoms with Gasteiger partial charge in [0.1, 0.15) is 17.5 Å². The maximum Gasteiger partial charge on any atom is 0.350 e. The molecule has 4 atom stereocenters. The first-order chi connectivity index (χ1) is 21.6. The highest BCUT2D eigenvalue weighted by Crippen LogP contribution is 2.48. The second-order valence-corrected chi connectivity index (χ2v) is 14.1. The molecule has 2 saturated heterocycles. The summed E-state index contributed by atoms with van der Waals surface area (Å²) in [6.45, 7) is 13.7. The number of hydrogen-bond acceptors (Lipinski definition) is 6. The molecule has 6 rings (SSSR count). The van der Waals surface area contributed by atoms with E-state index in [0.717, 1.165) is 38.4 Å². The quantitative estimate of drug-likeness (QED) is 0.250. The van der Waals surface area contributed by atoms with E-state index in [2.05, 4.69) is 35.2 Å². The van der Waals surface area contributed by atoms with Crippen LogP contribution in [0.3, 0.4) is 0 Å². The van der Waals surface area contributed by atoms with Gasteiger partial charge in [0.25, 0.3) is 0 Å². The number of anilines is 1. The third kappa shape index (κ3) is 6.01. The van der Waals surface area contributed by atoms with E-state index >= 15 is 4.39 Å². The lowest BCUT2D eigenvalue weighted by molar-refractivity contribution is -0.126. The first-order valence-corrected chi connectivity index (χ1v) is 17.3. The van der Waals surface area contributed by atoms with Gasteiger partial charge in [-0.2, -0.15) is 4.98 Å². The molecule has 1 unspecified atom stereocenters. The van der Waals surface area contributed by atoms with Crippen molar-refractivity contribution in [3.8, 4) is 11.1 Å². The molecule has 0 N–H and O–H groups in total. The van der Waals surface area contributed by atoms with Gasteiger partial charge in [0.05, 0.1) is 10.5 Å². The van der Waals surface area contributed by atoms with E-state index < -0.39 is 11.6 Å². The third-order valence-corrected chi connectivity index (χ3v) is 11.2. The van der Waals surface area contributed by atoms with Crippen LogP contribution in [0.5, 0.6) is 0 Å². The average Bonchev–Trinajstić information content (AvgIpc) is 3.38. The number of rotatable bonds is 8. The fourth-order valence-electron chi connectivity index (χ4n) is 7.50. The first-order valence-electron chi connectivity index (χ1n) is 15.9. The monoisotopic (exact) mass is 655 g/mol. The molecular weight excluding hydrogens is 616 g/mol. The average molecular weight is 656 g/mol. The minimum absolute atomic E-state index is 0.0919. The second-order valence-electron chi connectivity index (χ2n) is 12.7. The summed E-state index contributed by atoms with van der Waals surface area (Å²) >= 11 is 8.50. The molecule has 4 heterocycles. The highest BCUT2D eigenvalue weighted by molar-refractivity contribution is 7.99. The zero-order valence-corrected chi connectivity index (χ0v) is 27.6. The number of halogens is 3. The molecule has 0 spiro atoms. The minimum Gasteiger partial charge on any atom is -0.350 e. The van der Waals surface area contributed by atoms with E-state index in [9.17, 15) is 14.0 Å². The number of piperazine rings is 1. The van der Waals surface area contributed by atoms with Crippen molar-refractivity contribution in [2.24, 2.45) is 5.92 Å². The molecular formula is C34H40ClF2N5O2S. The van der Waals surface area contributed by atoms with E-state index in [0.29, 0.717) is 69.5 Å². The third-order valence-electron chi connectivity index (χ3n) is 9.66. The predicted molar refractivity (Wildman–Crippen MR) is 178 cm³/mol. The Balaban J connectivity index is 1.43. The fraction of sp³-hybridized carbons (Fsp3) is 0.500. The van der Waals surface area contributed by atoms with Gasteiger partial charge in [-0.25, -0.2) is 13.6 Å². The molecule has 1 amide bonds. The van der Waals surface area contributed by atoms with Crippen molar-refractivity contribution in [1.82, 2.24) is 19.4 Å². The first kappa shape index (κ1) is 32.0.